The smallest absolute Gasteiger partial charge is 0.222 e. The first-order chi connectivity index (χ1) is 19.9. The van der Waals surface area contributed by atoms with Gasteiger partial charge in [0.1, 0.15) is 16.8 Å². The molecule has 4 aromatic rings. The Kier molecular flexibility index (Phi) is 8.97. The molecule has 41 heavy (non-hydrogen) atoms. The molecule has 1 saturated heterocycles. The molecule has 0 amide bonds. The molecule has 2 aliphatic rings. The Morgan fingerprint density at radius 1 is 1.00 bits per heavy atom. The first kappa shape index (κ1) is 29.1. The highest BCUT2D eigenvalue weighted by atomic mass is 16.5. The molecular formula is C32H44N6O3. The molecule has 2 aromatic carbocycles. The summed E-state index contributed by atoms with van der Waals surface area (Å²) in [4.78, 5) is 11.3. The number of aliphatic hydroxyl groups is 1. The third kappa shape index (κ3) is 6.12. The molecule has 0 bridgehead atoms. The summed E-state index contributed by atoms with van der Waals surface area (Å²) in [5, 5.41) is 9.30. The van der Waals surface area contributed by atoms with Gasteiger partial charge in [-0.25, -0.2) is 4.98 Å². The summed E-state index contributed by atoms with van der Waals surface area (Å²) >= 11 is 0. The van der Waals surface area contributed by atoms with E-state index in [-0.39, 0.29) is 5.95 Å². The summed E-state index contributed by atoms with van der Waals surface area (Å²) in [6.07, 6.45) is 7.51. The lowest BCUT2D eigenvalue weighted by atomic mass is 9.61. The Hall–Kier alpha value is -3.40. The Morgan fingerprint density at radius 3 is 2.49 bits per heavy atom. The number of methoxy groups -OCH3 is 2. The van der Waals surface area contributed by atoms with Crippen LogP contribution in [0.3, 0.4) is 0 Å². The van der Waals surface area contributed by atoms with Crippen LogP contribution in [0.1, 0.15) is 56.6 Å². The molecule has 220 valence electrons. The molecule has 3 heterocycles. The summed E-state index contributed by atoms with van der Waals surface area (Å²) in [7, 11) is 3.53. The maximum atomic E-state index is 8.29. The molecule has 0 unspecified atom stereocenters. The molecule has 5 N–H and O–H groups in total. The quantitative estimate of drug-likeness (QED) is 0.232. The normalized spacial score (nSPS) is 16.4. The summed E-state index contributed by atoms with van der Waals surface area (Å²) < 4.78 is 13.4. The van der Waals surface area contributed by atoms with E-state index in [9.17, 15) is 0 Å². The first-order valence-electron chi connectivity index (χ1n) is 14.7. The number of hydrogen-bond donors (Lipinski definition) is 3. The number of aromatic nitrogens is 3. The van der Waals surface area contributed by atoms with Crippen molar-refractivity contribution in [3.8, 4) is 5.75 Å². The van der Waals surface area contributed by atoms with Crippen LogP contribution in [0.2, 0.25) is 0 Å². The minimum Gasteiger partial charge on any atom is -0.496 e. The highest BCUT2D eigenvalue weighted by Gasteiger charge is 2.52. The van der Waals surface area contributed by atoms with Crippen LogP contribution in [0.25, 0.3) is 21.9 Å². The topological polar surface area (TPSA) is 125 Å². The van der Waals surface area contributed by atoms with E-state index in [2.05, 4.69) is 50.6 Å². The highest BCUT2D eigenvalue weighted by Crippen LogP contribution is 2.49. The van der Waals surface area contributed by atoms with Crippen LogP contribution < -0.4 is 16.2 Å². The molecule has 1 spiro atoms. The lowest BCUT2D eigenvalue weighted by molar-refractivity contribution is -0.142. The predicted octanol–water partition coefficient (Wildman–Crippen LogP) is 4.98. The lowest BCUT2D eigenvalue weighted by Gasteiger charge is -2.58. The van der Waals surface area contributed by atoms with E-state index in [1.165, 1.54) is 37.7 Å². The number of aliphatic hydroxyl groups excluding tert-OH is 1. The van der Waals surface area contributed by atoms with Gasteiger partial charge in [0, 0.05) is 49.7 Å². The average Bonchev–Trinajstić information content (AvgIpc) is 3.23. The number of ether oxygens (including phenoxy) is 2. The van der Waals surface area contributed by atoms with Crippen molar-refractivity contribution in [2.24, 2.45) is 5.41 Å². The van der Waals surface area contributed by atoms with Crippen LogP contribution in [0.15, 0.2) is 42.5 Å². The van der Waals surface area contributed by atoms with E-state index in [0.29, 0.717) is 30.5 Å². The minimum absolute atomic E-state index is 0.183. The van der Waals surface area contributed by atoms with Crippen molar-refractivity contribution in [3.63, 3.8) is 0 Å². The fraction of sp³-hybridized carbons (Fsp3) is 0.500. The number of nitrogens with two attached hydrogens (primary N) is 2. The molecule has 6 rings (SSSR count). The van der Waals surface area contributed by atoms with Gasteiger partial charge in [0.05, 0.1) is 25.3 Å². The number of hydrogen-bond acceptors (Lipinski definition) is 8. The zero-order chi connectivity index (χ0) is 29.0. The predicted molar refractivity (Wildman–Crippen MR) is 165 cm³/mol. The molecule has 1 aliphatic heterocycles. The molecule has 1 saturated carbocycles. The summed E-state index contributed by atoms with van der Waals surface area (Å²) in [5.74, 6) is 1.42. The van der Waals surface area contributed by atoms with Gasteiger partial charge in [-0.15, -0.1) is 0 Å². The molecule has 2 fully saturated rings. The Balaban J connectivity index is 0.000000431. The van der Waals surface area contributed by atoms with E-state index < -0.39 is 0 Å². The maximum absolute atomic E-state index is 8.29. The third-order valence-corrected chi connectivity index (χ3v) is 8.51. The summed E-state index contributed by atoms with van der Waals surface area (Å²) in [6, 6.07) is 14.6. The second-order valence-electron chi connectivity index (χ2n) is 11.6. The largest absolute Gasteiger partial charge is 0.496 e. The van der Waals surface area contributed by atoms with Crippen molar-refractivity contribution >= 4 is 33.7 Å². The SMILES string of the molecule is CCCCCCO.COc1ccc(CN2CC3(CC(OC)C3)C2)cc1Cn1c2ccccc2c2nc(N)nc(N)c21. The van der Waals surface area contributed by atoms with Crippen LogP contribution in [0.4, 0.5) is 11.8 Å². The van der Waals surface area contributed by atoms with E-state index in [0.717, 1.165) is 59.3 Å². The van der Waals surface area contributed by atoms with Crippen LogP contribution >= 0.6 is 0 Å². The Labute approximate surface area is 242 Å². The van der Waals surface area contributed by atoms with Gasteiger partial charge in [-0.3, -0.25) is 4.90 Å². The molecular weight excluding hydrogens is 516 g/mol. The van der Waals surface area contributed by atoms with Crippen molar-refractivity contribution in [1.82, 2.24) is 19.4 Å². The number of fused-ring (bicyclic) bond motifs is 3. The van der Waals surface area contributed by atoms with Crippen molar-refractivity contribution in [2.45, 2.75) is 64.6 Å². The number of benzene rings is 2. The van der Waals surface area contributed by atoms with Gasteiger partial charge < -0.3 is 30.6 Å². The monoisotopic (exact) mass is 560 g/mol. The second-order valence-corrected chi connectivity index (χ2v) is 11.6. The third-order valence-electron chi connectivity index (χ3n) is 8.51. The van der Waals surface area contributed by atoms with Crippen LogP contribution in [0, 0.1) is 5.41 Å². The first-order valence-corrected chi connectivity index (χ1v) is 14.7. The fourth-order valence-electron chi connectivity index (χ4n) is 6.50. The summed E-state index contributed by atoms with van der Waals surface area (Å²) in [5.41, 5.74) is 17.7. The molecule has 9 nitrogen and oxygen atoms in total. The van der Waals surface area contributed by atoms with Crippen LogP contribution in [-0.4, -0.2) is 64.6 Å². The van der Waals surface area contributed by atoms with Gasteiger partial charge in [0.25, 0.3) is 0 Å². The van der Waals surface area contributed by atoms with Crippen LogP contribution in [-0.2, 0) is 17.8 Å². The summed E-state index contributed by atoms with van der Waals surface area (Å²) in [6.45, 7) is 6.35. The van der Waals surface area contributed by atoms with E-state index in [4.69, 9.17) is 26.0 Å². The minimum atomic E-state index is 0.183. The van der Waals surface area contributed by atoms with Crippen molar-refractivity contribution in [3.05, 3.63) is 53.6 Å². The van der Waals surface area contributed by atoms with Gasteiger partial charge in [-0.05, 0) is 43.0 Å². The van der Waals surface area contributed by atoms with Crippen LogP contribution in [0.5, 0.6) is 5.75 Å². The number of nitrogens with zero attached hydrogens (tertiary/aromatic N) is 4. The maximum Gasteiger partial charge on any atom is 0.222 e. The zero-order valence-corrected chi connectivity index (χ0v) is 24.6. The highest BCUT2D eigenvalue weighted by molar-refractivity contribution is 6.09. The molecule has 9 heteroatoms. The zero-order valence-electron chi connectivity index (χ0n) is 24.6. The molecule has 2 aromatic heterocycles. The van der Waals surface area contributed by atoms with E-state index >= 15 is 0 Å². The van der Waals surface area contributed by atoms with Gasteiger partial charge in [0.2, 0.25) is 5.95 Å². The van der Waals surface area contributed by atoms with E-state index in [1.807, 2.05) is 25.3 Å². The molecule has 1 aliphatic carbocycles. The standard InChI is InChI=1S/C26H30N6O2.C6H14O/c1-33-18-10-26(11-18)14-31(15-26)12-16-7-8-21(34-2)17(9-16)13-32-20-6-4-3-5-19(20)22-23(32)24(27)30-25(28)29-22;1-2-3-4-5-6-7/h3-9,18H,10-15H2,1-2H3,(H4,27,28,29,30);7H,2-6H2,1H3. The number of rotatable bonds is 10. The lowest BCUT2D eigenvalue weighted by Crippen LogP contribution is -2.63. The van der Waals surface area contributed by atoms with Gasteiger partial charge in [-0.1, -0.05) is 50.5 Å². The Morgan fingerprint density at radius 2 is 1.78 bits per heavy atom. The molecule has 0 atom stereocenters. The van der Waals surface area contributed by atoms with Crippen molar-refractivity contribution in [1.29, 1.82) is 0 Å². The number of anilines is 2. The second kappa shape index (κ2) is 12.6. The average molecular weight is 561 g/mol. The number of likely N-dealkylation sites (tertiary alicyclic amines) is 1. The fourth-order valence-corrected chi connectivity index (χ4v) is 6.50. The van der Waals surface area contributed by atoms with E-state index in [1.54, 1.807) is 7.11 Å². The van der Waals surface area contributed by atoms with Crippen molar-refractivity contribution < 1.29 is 14.6 Å². The van der Waals surface area contributed by atoms with Gasteiger partial charge in [0.15, 0.2) is 5.82 Å². The molecule has 0 radical (unpaired) electrons. The number of unbranched alkanes of at least 4 members (excludes halogenated alkanes) is 3. The van der Waals surface area contributed by atoms with Crippen molar-refractivity contribution in [2.75, 3.05) is 45.4 Å². The Bertz CT molecular complexity index is 1470. The number of para-hydroxylation sites is 1. The number of nitrogen functional groups attached to an aromatic ring is 2. The van der Waals surface area contributed by atoms with Gasteiger partial charge >= 0.3 is 0 Å². The van der Waals surface area contributed by atoms with Gasteiger partial charge in [-0.2, -0.15) is 4.98 Å².